The van der Waals surface area contributed by atoms with Crippen molar-refractivity contribution >= 4 is 32.0 Å². The zero-order chi connectivity index (χ0) is 17.3. The largest absolute Gasteiger partial charge is 0.444 e. The highest BCUT2D eigenvalue weighted by atomic mass is 79.9. The molecule has 0 saturated carbocycles. The number of carbonyl (C=O) groups excluding carboxylic acids is 1. The smallest absolute Gasteiger partial charge is 0.407 e. The zero-order valence-corrected chi connectivity index (χ0v) is 15.6. The Bertz CT molecular complexity index is 688. The van der Waals surface area contributed by atoms with Crippen LogP contribution in [0.15, 0.2) is 27.8 Å². The lowest BCUT2D eigenvalue weighted by Gasteiger charge is -2.22. The molecule has 0 unspecified atom stereocenters. The Morgan fingerprint density at radius 1 is 1.43 bits per heavy atom. The highest BCUT2D eigenvalue weighted by Gasteiger charge is 2.34. The number of sulfonamides is 1. The van der Waals surface area contributed by atoms with Gasteiger partial charge in [0.25, 0.3) is 0 Å². The molecule has 1 aromatic heterocycles. The number of hydrogen-bond donors (Lipinski definition) is 1. The fourth-order valence-electron chi connectivity index (χ4n) is 2.22. The van der Waals surface area contributed by atoms with Gasteiger partial charge in [0, 0.05) is 36.0 Å². The third kappa shape index (κ3) is 4.89. The monoisotopic (exact) mass is 405 g/mol. The van der Waals surface area contributed by atoms with Gasteiger partial charge in [0.2, 0.25) is 10.0 Å². The van der Waals surface area contributed by atoms with Gasteiger partial charge >= 0.3 is 6.09 Å². The van der Waals surface area contributed by atoms with Gasteiger partial charge in [-0.25, -0.2) is 13.2 Å². The number of carbonyl (C=O) groups is 1. The first-order chi connectivity index (χ1) is 10.6. The summed E-state index contributed by atoms with van der Waals surface area (Å²) in [5, 5.41) is 2.71. The van der Waals surface area contributed by atoms with Crippen molar-refractivity contribution in [3.8, 4) is 0 Å². The maximum absolute atomic E-state index is 12.6. The van der Waals surface area contributed by atoms with Crippen LogP contribution in [0.2, 0.25) is 0 Å². The van der Waals surface area contributed by atoms with Crippen molar-refractivity contribution in [2.45, 2.75) is 43.7 Å². The van der Waals surface area contributed by atoms with Gasteiger partial charge in [-0.3, -0.25) is 4.98 Å². The third-order valence-electron chi connectivity index (χ3n) is 3.19. The first kappa shape index (κ1) is 18.2. The maximum Gasteiger partial charge on any atom is 0.407 e. The van der Waals surface area contributed by atoms with Gasteiger partial charge in [0.05, 0.1) is 0 Å². The van der Waals surface area contributed by atoms with Crippen LogP contribution in [0, 0.1) is 0 Å². The van der Waals surface area contributed by atoms with Crippen molar-refractivity contribution in [2.75, 3.05) is 13.1 Å². The highest BCUT2D eigenvalue weighted by molar-refractivity contribution is 9.10. The van der Waals surface area contributed by atoms with Crippen LogP contribution < -0.4 is 5.32 Å². The number of hydrogen-bond acceptors (Lipinski definition) is 5. The van der Waals surface area contributed by atoms with Gasteiger partial charge in [-0.2, -0.15) is 4.31 Å². The van der Waals surface area contributed by atoms with Crippen molar-refractivity contribution in [1.82, 2.24) is 14.6 Å². The van der Waals surface area contributed by atoms with Crippen LogP contribution in [0.5, 0.6) is 0 Å². The molecule has 0 radical (unpaired) electrons. The molecule has 1 saturated heterocycles. The molecule has 0 aliphatic carbocycles. The molecule has 23 heavy (non-hydrogen) atoms. The van der Waals surface area contributed by atoms with Crippen LogP contribution in [0.3, 0.4) is 0 Å². The van der Waals surface area contributed by atoms with Crippen LogP contribution in [0.25, 0.3) is 0 Å². The fraction of sp³-hybridized carbons (Fsp3) is 0.571. The van der Waals surface area contributed by atoms with E-state index in [2.05, 4.69) is 26.2 Å². The van der Waals surface area contributed by atoms with Crippen molar-refractivity contribution in [2.24, 2.45) is 0 Å². The van der Waals surface area contributed by atoms with Crippen LogP contribution >= 0.6 is 15.9 Å². The predicted octanol–water partition coefficient (Wildman–Crippen LogP) is 2.13. The van der Waals surface area contributed by atoms with Crippen LogP contribution in [-0.4, -0.2) is 48.5 Å². The minimum Gasteiger partial charge on any atom is -0.444 e. The van der Waals surface area contributed by atoms with E-state index >= 15 is 0 Å². The summed E-state index contributed by atoms with van der Waals surface area (Å²) < 4.78 is 32.3. The van der Waals surface area contributed by atoms with E-state index in [-0.39, 0.29) is 17.5 Å². The second-order valence-corrected chi connectivity index (χ2v) is 9.19. The van der Waals surface area contributed by atoms with Crippen LogP contribution in [-0.2, 0) is 14.8 Å². The van der Waals surface area contributed by atoms with E-state index in [1.807, 2.05) is 0 Å². The van der Waals surface area contributed by atoms with Gasteiger partial charge in [-0.1, -0.05) is 0 Å². The molecule has 1 aliphatic heterocycles. The lowest BCUT2D eigenvalue weighted by atomic mass is 10.2. The Morgan fingerprint density at radius 3 is 2.74 bits per heavy atom. The summed E-state index contributed by atoms with van der Waals surface area (Å²) >= 11 is 3.22. The molecule has 0 aromatic carbocycles. The first-order valence-electron chi connectivity index (χ1n) is 7.18. The summed E-state index contributed by atoms with van der Waals surface area (Å²) in [7, 11) is -3.62. The number of nitrogens with one attached hydrogen (secondary N) is 1. The molecule has 9 heteroatoms. The maximum atomic E-state index is 12.6. The van der Waals surface area contributed by atoms with Gasteiger partial charge in [0.1, 0.15) is 10.5 Å². The minimum atomic E-state index is -3.62. The summed E-state index contributed by atoms with van der Waals surface area (Å²) in [6, 6.07) is 1.25. The second kappa shape index (κ2) is 6.74. The normalized spacial score (nSPS) is 19.6. The van der Waals surface area contributed by atoms with E-state index in [0.29, 0.717) is 17.4 Å². The lowest BCUT2D eigenvalue weighted by molar-refractivity contribution is 0.0507. The summed E-state index contributed by atoms with van der Waals surface area (Å²) in [5.74, 6) is 0. The average Bonchev–Trinajstić information content (AvgIpc) is 2.85. The molecular formula is C14H20BrN3O4S. The van der Waals surface area contributed by atoms with E-state index < -0.39 is 21.7 Å². The van der Waals surface area contributed by atoms with Gasteiger partial charge in [-0.15, -0.1) is 0 Å². The number of amides is 1. The zero-order valence-electron chi connectivity index (χ0n) is 13.2. The third-order valence-corrected chi connectivity index (χ3v) is 5.45. The SMILES string of the molecule is CC(C)(C)OC(=O)N[C@H]1CCN(S(=O)(=O)c2cncc(Br)c2)C1. The van der Waals surface area contributed by atoms with Gasteiger partial charge in [-0.05, 0) is 49.2 Å². The minimum absolute atomic E-state index is 0.129. The molecule has 1 aromatic rings. The van der Waals surface area contributed by atoms with Crippen LogP contribution in [0.4, 0.5) is 4.79 Å². The topological polar surface area (TPSA) is 88.6 Å². The molecule has 1 amide bonds. The number of aromatic nitrogens is 1. The van der Waals surface area contributed by atoms with Crippen molar-refractivity contribution in [1.29, 1.82) is 0 Å². The molecule has 1 fully saturated rings. The molecule has 2 rings (SSSR count). The predicted molar refractivity (Wildman–Crippen MR) is 88.5 cm³/mol. The molecule has 1 N–H and O–H groups in total. The van der Waals surface area contributed by atoms with E-state index in [9.17, 15) is 13.2 Å². The standard InChI is InChI=1S/C14H20BrN3O4S/c1-14(2,3)22-13(19)17-11-4-5-18(9-11)23(20,21)12-6-10(15)7-16-8-12/h6-8,11H,4-5,9H2,1-3H3,(H,17,19)/t11-/m0/s1. The molecule has 7 nitrogen and oxygen atoms in total. The van der Waals surface area contributed by atoms with E-state index in [1.165, 1.54) is 22.8 Å². The fourth-order valence-corrected chi connectivity index (χ4v) is 4.23. The summed E-state index contributed by atoms with van der Waals surface area (Å²) in [4.78, 5) is 15.8. The molecule has 0 spiro atoms. The highest BCUT2D eigenvalue weighted by Crippen LogP contribution is 2.22. The Balaban J connectivity index is 2.01. The van der Waals surface area contributed by atoms with Crippen molar-refractivity contribution in [3.63, 3.8) is 0 Å². The van der Waals surface area contributed by atoms with E-state index in [1.54, 1.807) is 20.8 Å². The van der Waals surface area contributed by atoms with Crippen molar-refractivity contribution < 1.29 is 17.9 Å². The first-order valence-corrected chi connectivity index (χ1v) is 9.41. The molecule has 1 atom stereocenters. The van der Waals surface area contributed by atoms with E-state index in [4.69, 9.17) is 4.74 Å². The lowest BCUT2D eigenvalue weighted by Crippen LogP contribution is -2.41. The summed E-state index contributed by atoms with van der Waals surface area (Å²) in [6.07, 6.45) is 2.84. The average molecular weight is 406 g/mol. The van der Waals surface area contributed by atoms with Crippen molar-refractivity contribution in [3.05, 3.63) is 22.9 Å². The molecular weight excluding hydrogens is 386 g/mol. The Morgan fingerprint density at radius 2 is 2.13 bits per heavy atom. The van der Waals surface area contributed by atoms with E-state index in [0.717, 1.165) is 0 Å². The number of rotatable bonds is 3. The second-order valence-electron chi connectivity index (χ2n) is 6.33. The number of alkyl carbamates (subject to hydrolysis) is 1. The molecule has 128 valence electrons. The number of halogens is 1. The quantitative estimate of drug-likeness (QED) is 0.831. The number of pyridine rings is 1. The Hall–Kier alpha value is -1.19. The van der Waals surface area contributed by atoms with Gasteiger partial charge < -0.3 is 10.1 Å². The Labute approximate surface area is 144 Å². The van der Waals surface area contributed by atoms with Crippen LogP contribution in [0.1, 0.15) is 27.2 Å². The molecule has 2 heterocycles. The number of nitrogens with zero attached hydrogens (tertiary/aromatic N) is 2. The van der Waals surface area contributed by atoms with Gasteiger partial charge in [0.15, 0.2) is 0 Å². The summed E-state index contributed by atoms with van der Waals surface area (Å²) in [6.45, 7) is 5.89. The number of ether oxygens (including phenoxy) is 1. The summed E-state index contributed by atoms with van der Waals surface area (Å²) in [5.41, 5.74) is -0.587. The molecule has 1 aliphatic rings. The molecule has 0 bridgehead atoms. The Kier molecular flexibility index (Phi) is 5.32.